The van der Waals surface area contributed by atoms with Gasteiger partial charge in [0.15, 0.2) is 5.75 Å². The maximum Gasteiger partial charge on any atom is 0.342 e. The molecule has 1 aromatic carbocycles. The topological polar surface area (TPSA) is 48.4 Å². The van der Waals surface area contributed by atoms with Crippen LogP contribution in [0.4, 0.5) is 4.39 Å². The third-order valence-electron chi connectivity index (χ3n) is 3.08. The number of hydrogen-bond acceptors (Lipinski definition) is 4. The van der Waals surface area contributed by atoms with Gasteiger partial charge in [-0.05, 0) is 38.5 Å². The number of aromatic nitrogens is 1. The molecule has 2 aromatic rings. The number of carbonyl (C=O) groups is 1. The first-order chi connectivity index (χ1) is 10.1. The van der Waals surface area contributed by atoms with Crippen LogP contribution in [0.15, 0.2) is 18.2 Å². The largest absolute Gasteiger partial charge is 0.491 e. The van der Waals surface area contributed by atoms with Crippen molar-refractivity contribution in [2.75, 3.05) is 13.2 Å². The number of ether oxygens (including phenoxy) is 2. The van der Waals surface area contributed by atoms with Gasteiger partial charge in [-0.2, -0.15) is 0 Å². The summed E-state index contributed by atoms with van der Waals surface area (Å²) in [5.41, 5.74) is 1.47. The van der Waals surface area contributed by atoms with Gasteiger partial charge in [0.25, 0.3) is 0 Å². The molecule has 0 spiro atoms. The summed E-state index contributed by atoms with van der Waals surface area (Å²) in [6.45, 7) is 6.11. The van der Waals surface area contributed by atoms with Gasteiger partial charge in [-0.1, -0.05) is 6.92 Å². The van der Waals surface area contributed by atoms with Crippen molar-refractivity contribution >= 4 is 16.9 Å². The fourth-order valence-corrected chi connectivity index (χ4v) is 2.21. The molecule has 0 unspecified atom stereocenters. The minimum Gasteiger partial charge on any atom is -0.491 e. The van der Waals surface area contributed by atoms with Crippen LogP contribution in [-0.4, -0.2) is 24.2 Å². The van der Waals surface area contributed by atoms with Crippen LogP contribution in [0, 0.1) is 5.82 Å². The van der Waals surface area contributed by atoms with Gasteiger partial charge in [-0.3, -0.25) is 0 Å². The van der Waals surface area contributed by atoms with Crippen LogP contribution >= 0.6 is 0 Å². The Morgan fingerprint density at radius 1 is 1.24 bits per heavy atom. The molecule has 0 N–H and O–H groups in total. The summed E-state index contributed by atoms with van der Waals surface area (Å²) in [6.07, 6.45) is 0.606. The van der Waals surface area contributed by atoms with Crippen molar-refractivity contribution in [3.05, 3.63) is 35.3 Å². The lowest BCUT2D eigenvalue weighted by atomic mass is 10.0. The van der Waals surface area contributed by atoms with Crippen molar-refractivity contribution in [2.24, 2.45) is 0 Å². The van der Waals surface area contributed by atoms with Gasteiger partial charge in [0.2, 0.25) is 0 Å². The lowest BCUT2D eigenvalue weighted by molar-refractivity contribution is 0.0524. The molecule has 0 saturated carbocycles. The Morgan fingerprint density at radius 3 is 2.62 bits per heavy atom. The molecule has 1 heterocycles. The maximum absolute atomic E-state index is 13.5. The molecule has 1 aromatic heterocycles. The number of fused-ring (bicyclic) bond motifs is 1. The van der Waals surface area contributed by atoms with E-state index in [-0.39, 0.29) is 12.2 Å². The highest BCUT2D eigenvalue weighted by Crippen LogP contribution is 2.31. The van der Waals surface area contributed by atoms with Gasteiger partial charge in [-0.15, -0.1) is 0 Å². The molecule has 0 aliphatic heterocycles. The van der Waals surface area contributed by atoms with Crippen molar-refractivity contribution in [3.8, 4) is 5.75 Å². The van der Waals surface area contributed by atoms with Crippen LogP contribution in [0.3, 0.4) is 0 Å². The number of esters is 1. The zero-order valence-electron chi connectivity index (χ0n) is 12.4. The van der Waals surface area contributed by atoms with E-state index < -0.39 is 11.8 Å². The van der Waals surface area contributed by atoms with E-state index in [0.29, 0.717) is 35.4 Å². The quantitative estimate of drug-likeness (QED) is 0.791. The van der Waals surface area contributed by atoms with E-state index in [1.807, 2.05) is 13.8 Å². The predicted molar refractivity (Wildman–Crippen MR) is 78.2 cm³/mol. The summed E-state index contributed by atoms with van der Waals surface area (Å²) in [7, 11) is 0. The number of nitrogens with zero attached hydrogens (tertiary/aromatic N) is 1. The normalized spacial score (nSPS) is 10.7. The minimum absolute atomic E-state index is 0.241. The fraction of sp³-hybridized carbons (Fsp3) is 0.375. The molecule has 0 fully saturated rings. The van der Waals surface area contributed by atoms with Gasteiger partial charge >= 0.3 is 5.97 Å². The number of benzene rings is 1. The van der Waals surface area contributed by atoms with Crippen LogP contribution in [0.1, 0.15) is 36.8 Å². The first-order valence-electron chi connectivity index (χ1n) is 7.04. The lowest BCUT2D eigenvalue weighted by Gasteiger charge is -2.15. The summed E-state index contributed by atoms with van der Waals surface area (Å²) in [4.78, 5) is 16.7. The van der Waals surface area contributed by atoms with Crippen LogP contribution < -0.4 is 4.74 Å². The fourth-order valence-electron chi connectivity index (χ4n) is 2.21. The van der Waals surface area contributed by atoms with Gasteiger partial charge in [0.1, 0.15) is 11.4 Å². The number of hydrogen-bond donors (Lipinski definition) is 0. The molecule has 0 bridgehead atoms. The molecule has 2 rings (SSSR count). The van der Waals surface area contributed by atoms with E-state index in [4.69, 9.17) is 9.47 Å². The number of pyridine rings is 1. The van der Waals surface area contributed by atoms with Gasteiger partial charge in [0.05, 0.1) is 24.4 Å². The Kier molecular flexibility index (Phi) is 4.73. The van der Waals surface area contributed by atoms with Crippen molar-refractivity contribution in [1.29, 1.82) is 0 Å². The highest BCUT2D eigenvalue weighted by molar-refractivity contribution is 6.06. The Bertz CT molecular complexity index is 670. The molecule has 0 atom stereocenters. The van der Waals surface area contributed by atoms with E-state index in [9.17, 15) is 9.18 Å². The molecule has 0 aliphatic rings. The zero-order chi connectivity index (χ0) is 15.4. The van der Waals surface area contributed by atoms with E-state index in [1.54, 1.807) is 13.0 Å². The Morgan fingerprint density at radius 2 is 2.00 bits per heavy atom. The number of aryl methyl sites for hydroxylation is 1. The zero-order valence-corrected chi connectivity index (χ0v) is 12.4. The standard InChI is InChI=1S/C16H18FNO3/c1-4-12-15(20-5-2)14(16(19)21-6-3)11-9-10(17)7-8-13(11)18-12/h7-9H,4-6H2,1-3H3. The van der Waals surface area contributed by atoms with Gasteiger partial charge < -0.3 is 9.47 Å². The monoisotopic (exact) mass is 291 g/mol. The molecule has 0 aliphatic carbocycles. The molecule has 0 saturated heterocycles. The van der Waals surface area contributed by atoms with Crippen molar-refractivity contribution in [2.45, 2.75) is 27.2 Å². The highest BCUT2D eigenvalue weighted by atomic mass is 19.1. The number of carbonyl (C=O) groups excluding carboxylic acids is 1. The van der Waals surface area contributed by atoms with Gasteiger partial charge in [0, 0.05) is 5.39 Å². The van der Waals surface area contributed by atoms with Crippen LogP contribution in [0.25, 0.3) is 10.9 Å². The number of rotatable bonds is 5. The minimum atomic E-state index is -0.520. The SMILES string of the molecule is CCOC(=O)c1c(OCC)c(CC)nc2ccc(F)cc12. The maximum atomic E-state index is 13.5. The molecule has 0 amide bonds. The Labute approximate surface area is 122 Å². The molecule has 4 nitrogen and oxygen atoms in total. The molecule has 5 heteroatoms. The van der Waals surface area contributed by atoms with Crippen molar-refractivity contribution < 1.29 is 18.7 Å². The van der Waals surface area contributed by atoms with E-state index in [2.05, 4.69) is 4.98 Å². The molecular formula is C16H18FNO3. The lowest BCUT2D eigenvalue weighted by Crippen LogP contribution is -2.12. The van der Waals surface area contributed by atoms with E-state index >= 15 is 0 Å². The summed E-state index contributed by atoms with van der Waals surface area (Å²) in [5, 5.41) is 0.411. The number of halogens is 1. The molecular weight excluding hydrogens is 273 g/mol. The Hall–Kier alpha value is -2.17. The Balaban J connectivity index is 2.80. The molecule has 0 radical (unpaired) electrons. The summed E-state index contributed by atoms with van der Waals surface area (Å²) >= 11 is 0. The predicted octanol–water partition coefficient (Wildman–Crippen LogP) is 3.51. The third-order valence-corrected chi connectivity index (χ3v) is 3.08. The second-order valence-corrected chi connectivity index (χ2v) is 4.43. The third kappa shape index (κ3) is 2.96. The van der Waals surface area contributed by atoms with Crippen molar-refractivity contribution in [3.63, 3.8) is 0 Å². The van der Waals surface area contributed by atoms with Crippen LogP contribution in [0.5, 0.6) is 5.75 Å². The summed E-state index contributed by atoms with van der Waals surface area (Å²) in [6, 6.07) is 4.17. The molecule has 112 valence electrons. The van der Waals surface area contributed by atoms with Crippen LogP contribution in [0.2, 0.25) is 0 Å². The van der Waals surface area contributed by atoms with E-state index in [0.717, 1.165) is 0 Å². The smallest absolute Gasteiger partial charge is 0.342 e. The first-order valence-corrected chi connectivity index (χ1v) is 7.04. The highest BCUT2D eigenvalue weighted by Gasteiger charge is 2.22. The first kappa shape index (κ1) is 15.2. The average molecular weight is 291 g/mol. The average Bonchev–Trinajstić information content (AvgIpc) is 2.47. The van der Waals surface area contributed by atoms with Crippen LogP contribution in [-0.2, 0) is 11.2 Å². The van der Waals surface area contributed by atoms with E-state index in [1.165, 1.54) is 12.1 Å². The summed E-state index contributed by atoms with van der Waals surface area (Å²) in [5.74, 6) is -0.563. The molecule has 21 heavy (non-hydrogen) atoms. The van der Waals surface area contributed by atoms with Crippen molar-refractivity contribution in [1.82, 2.24) is 4.98 Å². The summed E-state index contributed by atoms with van der Waals surface area (Å²) < 4.78 is 24.2. The second kappa shape index (κ2) is 6.52. The second-order valence-electron chi connectivity index (χ2n) is 4.43. The van der Waals surface area contributed by atoms with Gasteiger partial charge in [-0.25, -0.2) is 14.2 Å².